The number of piperidine rings is 1. The van der Waals surface area contributed by atoms with E-state index < -0.39 is 11.8 Å². The maximum absolute atomic E-state index is 13.1. The van der Waals surface area contributed by atoms with Gasteiger partial charge < -0.3 is 5.73 Å². The molecular weight excluding hydrogens is 119 g/mol. The Bertz CT molecular complexity index is 103. The van der Waals surface area contributed by atoms with Crippen LogP contribution in [0.1, 0.15) is 19.8 Å². The van der Waals surface area contributed by atoms with Crippen LogP contribution in [-0.4, -0.2) is 18.4 Å². The Morgan fingerprint density at radius 1 is 1.78 bits per heavy atom. The molecule has 3 heteroatoms. The van der Waals surface area contributed by atoms with E-state index in [-0.39, 0.29) is 0 Å². The number of alkyl halides is 1. The first-order chi connectivity index (χ1) is 4.13. The molecule has 0 aromatic heterocycles. The van der Waals surface area contributed by atoms with E-state index in [0.29, 0.717) is 6.42 Å². The largest absolute Gasteiger partial charge is 0.313 e. The van der Waals surface area contributed by atoms with Gasteiger partial charge in [0.15, 0.2) is 0 Å². The molecule has 0 aliphatic carbocycles. The van der Waals surface area contributed by atoms with Crippen LogP contribution in [0.15, 0.2) is 0 Å². The van der Waals surface area contributed by atoms with Gasteiger partial charge in [-0.25, -0.2) is 4.39 Å². The lowest BCUT2D eigenvalue weighted by molar-refractivity contribution is 0.0915. The van der Waals surface area contributed by atoms with Gasteiger partial charge in [0.05, 0.1) is 6.17 Å². The summed E-state index contributed by atoms with van der Waals surface area (Å²) in [6.07, 6.45) is 1.01. The Morgan fingerprint density at radius 3 is 2.78 bits per heavy atom. The van der Waals surface area contributed by atoms with Crippen molar-refractivity contribution in [2.75, 3.05) is 6.54 Å². The van der Waals surface area contributed by atoms with Crippen molar-refractivity contribution >= 4 is 0 Å². The Labute approximate surface area is 54.6 Å². The SMILES string of the molecule is CC1(F)CCCNC1N. The predicted molar refractivity (Wildman–Crippen MR) is 34.7 cm³/mol. The number of halogens is 1. The highest BCUT2D eigenvalue weighted by atomic mass is 19.1. The smallest absolute Gasteiger partial charge is 0.136 e. The molecule has 1 rings (SSSR count). The van der Waals surface area contributed by atoms with Gasteiger partial charge in [0.1, 0.15) is 5.67 Å². The summed E-state index contributed by atoms with van der Waals surface area (Å²) >= 11 is 0. The van der Waals surface area contributed by atoms with Gasteiger partial charge in [-0.15, -0.1) is 0 Å². The fourth-order valence-electron chi connectivity index (χ4n) is 1.06. The summed E-state index contributed by atoms with van der Waals surface area (Å²) in [7, 11) is 0. The lowest BCUT2D eigenvalue weighted by Gasteiger charge is -2.32. The van der Waals surface area contributed by atoms with E-state index in [1.165, 1.54) is 0 Å². The first-order valence-electron chi connectivity index (χ1n) is 3.31. The minimum atomic E-state index is -1.20. The van der Waals surface area contributed by atoms with Crippen LogP contribution in [0.3, 0.4) is 0 Å². The summed E-state index contributed by atoms with van der Waals surface area (Å²) in [4.78, 5) is 0. The first kappa shape index (κ1) is 6.96. The van der Waals surface area contributed by atoms with Crippen LogP contribution in [0.4, 0.5) is 4.39 Å². The highest BCUT2D eigenvalue weighted by molar-refractivity contribution is 4.87. The molecular formula is C6H13FN2. The molecule has 1 fully saturated rings. The van der Waals surface area contributed by atoms with Gasteiger partial charge in [-0.05, 0) is 26.3 Å². The Balaban J connectivity index is 2.49. The minimum Gasteiger partial charge on any atom is -0.313 e. The van der Waals surface area contributed by atoms with Crippen molar-refractivity contribution < 1.29 is 4.39 Å². The lowest BCUT2D eigenvalue weighted by Crippen LogP contribution is -2.55. The van der Waals surface area contributed by atoms with E-state index in [2.05, 4.69) is 5.32 Å². The molecule has 54 valence electrons. The molecule has 2 nitrogen and oxygen atoms in total. The predicted octanol–water partition coefficient (Wildman–Crippen LogP) is 0.383. The van der Waals surface area contributed by atoms with Gasteiger partial charge in [0.2, 0.25) is 0 Å². The zero-order chi connectivity index (χ0) is 6.91. The van der Waals surface area contributed by atoms with Crippen LogP contribution >= 0.6 is 0 Å². The molecule has 0 amide bonds. The van der Waals surface area contributed by atoms with E-state index in [4.69, 9.17) is 5.73 Å². The second-order valence-corrected chi connectivity index (χ2v) is 2.81. The highest BCUT2D eigenvalue weighted by Crippen LogP contribution is 2.22. The second-order valence-electron chi connectivity index (χ2n) is 2.81. The summed E-state index contributed by atoms with van der Waals surface area (Å²) < 4.78 is 13.1. The van der Waals surface area contributed by atoms with Crippen LogP contribution in [0.25, 0.3) is 0 Å². The average molecular weight is 132 g/mol. The molecule has 0 aromatic rings. The van der Waals surface area contributed by atoms with Crippen molar-refractivity contribution in [3.05, 3.63) is 0 Å². The number of hydrogen-bond donors (Lipinski definition) is 2. The Morgan fingerprint density at radius 2 is 2.44 bits per heavy atom. The van der Waals surface area contributed by atoms with Crippen LogP contribution in [0.5, 0.6) is 0 Å². The molecule has 1 saturated heterocycles. The standard InChI is InChI=1S/C6H13FN2/c1-6(7)3-2-4-9-5(6)8/h5,9H,2-4,8H2,1H3. The molecule has 2 unspecified atom stereocenters. The molecule has 0 radical (unpaired) electrons. The number of rotatable bonds is 0. The molecule has 1 aliphatic heterocycles. The van der Waals surface area contributed by atoms with Gasteiger partial charge in [-0.1, -0.05) is 0 Å². The zero-order valence-electron chi connectivity index (χ0n) is 5.65. The topological polar surface area (TPSA) is 38.0 Å². The zero-order valence-corrected chi connectivity index (χ0v) is 5.65. The van der Waals surface area contributed by atoms with Crippen LogP contribution in [0, 0.1) is 0 Å². The average Bonchev–Trinajstić information content (AvgIpc) is 1.77. The molecule has 9 heavy (non-hydrogen) atoms. The molecule has 1 heterocycles. The normalized spacial score (nSPS) is 45.0. The van der Waals surface area contributed by atoms with Gasteiger partial charge in [0, 0.05) is 0 Å². The van der Waals surface area contributed by atoms with Gasteiger partial charge in [-0.3, -0.25) is 5.32 Å². The van der Waals surface area contributed by atoms with Crippen molar-refractivity contribution in [1.82, 2.24) is 5.32 Å². The summed E-state index contributed by atoms with van der Waals surface area (Å²) in [5.41, 5.74) is 4.23. The Kier molecular flexibility index (Phi) is 1.73. The molecule has 0 saturated carbocycles. The number of nitrogens with one attached hydrogen (secondary N) is 1. The van der Waals surface area contributed by atoms with Crippen molar-refractivity contribution in [2.24, 2.45) is 5.73 Å². The fraction of sp³-hybridized carbons (Fsp3) is 1.00. The van der Waals surface area contributed by atoms with Gasteiger partial charge in [-0.2, -0.15) is 0 Å². The summed E-state index contributed by atoms with van der Waals surface area (Å²) in [6.45, 7) is 2.39. The second kappa shape index (κ2) is 2.23. The molecule has 0 aromatic carbocycles. The lowest BCUT2D eigenvalue weighted by atomic mass is 9.95. The summed E-state index contributed by atoms with van der Waals surface area (Å²) in [6, 6.07) is 0. The molecule has 2 atom stereocenters. The minimum absolute atomic E-state index is 0.466. The maximum atomic E-state index is 13.1. The maximum Gasteiger partial charge on any atom is 0.136 e. The van der Waals surface area contributed by atoms with Crippen molar-refractivity contribution in [1.29, 1.82) is 0 Å². The van der Waals surface area contributed by atoms with Crippen LogP contribution in [0.2, 0.25) is 0 Å². The van der Waals surface area contributed by atoms with Crippen molar-refractivity contribution in [2.45, 2.75) is 31.6 Å². The Hall–Kier alpha value is -0.150. The third kappa shape index (κ3) is 1.40. The quantitative estimate of drug-likeness (QED) is 0.500. The van der Waals surface area contributed by atoms with E-state index in [0.717, 1.165) is 13.0 Å². The van der Waals surface area contributed by atoms with Crippen molar-refractivity contribution in [3.63, 3.8) is 0 Å². The van der Waals surface area contributed by atoms with Crippen LogP contribution in [-0.2, 0) is 0 Å². The van der Waals surface area contributed by atoms with E-state index in [1.807, 2.05) is 0 Å². The molecule has 0 bridgehead atoms. The number of nitrogens with two attached hydrogens (primary N) is 1. The summed E-state index contributed by atoms with van der Waals surface area (Å²) in [5, 5.41) is 2.88. The third-order valence-corrected chi connectivity index (χ3v) is 1.86. The molecule has 1 aliphatic rings. The van der Waals surface area contributed by atoms with E-state index in [1.54, 1.807) is 6.92 Å². The molecule has 0 spiro atoms. The van der Waals surface area contributed by atoms with E-state index in [9.17, 15) is 4.39 Å². The highest BCUT2D eigenvalue weighted by Gasteiger charge is 2.33. The third-order valence-electron chi connectivity index (χ3n) is 1.86. The molecule has 3 N–H and O–H groups in total. The van der Waals surface area contributed by atoms with E-state index >= 15 is 0 Å². The summed E-state index contributed by atoms with van der Waals surface area (Å²) in [5.74, 6) is 0. The van der Waals surface area contributed by atoms with Gasteiger partial charge >= 0.3 is 0 Å². The first-order valence-corrected chi connectivity index (χ1v) is 3.31. The van der Waals surface area contributed by atoms with Crippen molar-refractivity contribution in [3.8, 4) is 0 Å². The fourth-order valence-corrected chi connectivity index (χ4v) is 1.06. The van der Waals surface area contributed by atoms with Gasteiger partial charge in [0.25, 0.3) is 0 Å². The van der Waals surface area contributed by atoms with Crippen LogP contribution < -0.4 is 11.1 Å². The number of hydrogen-bond acceptors (Lipinski definition) is 2. The monoisotopic (exact) mass is 132 g/mol.